The molecule has 0 bridgehead atoms. The first-order valence-corrected chi connectivity index (χ1v) is 11.4. The van der Waals surface area contributed by atoms with Gasteiger partial charge in [0.25, 0.3) is 0 Å². The lowest BCUT2D eigenvalue weighted by Crippen LogP contribution is -2.76. The predicted octanol–water partition coefficient (Wildman–Crippen LogP) is 3.20. The van der Waals surface area contributed by atoms with Gasteiger partial charge in [0, 0.05) is 5.02 Å². The van der Waals surface area contributed by atoms with Gasteiger partial charge in [-0.1, -0.05) is 55.8 Å². The number of benzene rings is 2. The average molecular weight is 503 g/mol. The van der Waals surface area contributed by atoms with Crippen LogP contribution in [0.3, 0.4) is 0 Å². The number of ether oxygens (including phenoxy) is 3. The molecule has 2 amide bonds. The lowest BCUT2D eigenvalue weighted by atomic mass is 9.89. The van der Waals surface area contributed by atoms with Crippen LogP contribution in [-0.2, 0) is 30.4 Å². The molecule has 10 heteroatoms. The van der Waals surface area contributed by atoms with Crippen LogP contribution < -0.4 is 5.32 Å². The number of nitrogens with zero attached hydrogens (tertiary/aromatic N) is 1. The fraction of sp³-hybridized carbons (Fsp3) is 0.360. The van der Waals surface area contributed by atoms with Crippen LogP contribution in [0.15, 0.2) is 54.6 Å². The molecule has 2 aromatic rings. The van der Waals surface area contributed by atoms with Crippen molar-refractivity contribution in [3.63, 3.8) is 0 Å². The second-order valence-corrected chi connectivity index (χ2v) is 8.75. The Morgan fingerprint density at radius 1 is 1.03 bits per heavy atom. The summed E-state index contributed by atoms with van der Waals surface area (Å²) in [6.45, 7) is 3.29. The quantitative estimate of drug-likeness (QED) is 0.318. The van der Waals surface area contributed by atoms with Crippen LogP contribution in [0.5, 0.6) is 0 Å². The molecule has 3 atom stereocenters. The number of halogens is 1. The van der Waals surface area contributed by atoms with Crippen molar-refractivity contribution in [3.8, 4) is 0 Å². The van der Waals surface area contributed by atoms with Crippen LogP contribution in [0.2, 0.25) is 5.02 Å². The van der Waals surface area contributed by atoms with Gasteiger partial charge in [-0.05, 0) is 35.7 Å². The highest BCUT2D eigenvalue weighted by Gasteiger charge is 2.54. The van der Waals surface area contributed by atoms with Crippen molar-refractivity contribution in [1.82, 2.24) is 10.2 Å². The summed E-state index contributed by atoms with van der Waals surface area (Å²) in [4.78, 5) is 51.6. The van der Waals surface area contributed by atoms with Crippen LogP contribution >= 0.6 is 11.6 Å². The third-order valence-electron chi connectivity index (χ3n) is 5.59. The van der Waals surface area contributed by atoms with E-state index < -0.39 is 42.1 Å². The fourth-order valence-corrected chi connectivity index (χ4v) is 3.92. The zero-order valence-electron chi connectivity index (χ0n) is 19.6. The normalized spacial score (nSPS) is 17.9. The largest absolute Gasteiger partial charge is 0.467 e. The average Bonchev–Trinajstić information content (AvgIpc) is 2.86. The van der Waals surface area contributed by atoms with Crippen molar-refractivity contribution in [2.24, 2.45) is 5.92 Å². The zero-order valence-corrected chi connectivity index (χ0v) is 20.4. The van der Waals surface area contributed by atoms with Crippen molar-refractivity contribution in [1.29, 1.82) is 0 Å². The van der Waals surface area contributed by atoms with Crippen LogP contribution in [0.4, 0.5) is 4.79 Å². The topological polar surface area (TPSA) is 111 Å². The molecule has 3 rings (SSSR count). The van der Waals surface area contributed by atoms with Crippen molar-refractivity contribution >= 4 is 35.5 Å². The number of methoxy groups -OCH3 is 1. The van der Waals surface area contributed by atoms with Gasteiger partial charge in [-0.25, -0.2) is 14.4 Å². The van der Waals surface area contributed by atoms with E-state index in [1.54, 1.807) is 38.1 Å². The minimum Gasteiger partial charge on any atom is -0.467 e. The third kappa shape index (κ3) is 6.30. The summed E-state index contributed by atoms with van der Waals surface area (Å²) in [7, 11) is 1.23. The number of rotatable bonds is 9. The molecule has 1 aliphatic heterocycles. The molecule has 9 nitrogen and oxygen atoms in total. The standard InChI is InChI=1S/C25H27ClN2O7/c1-15(2)21(24(31)33-3)28-19(14-34-23(30)17-9-11-18(26)12-10-17)20(22(28)29)27-25(32)35-13-16-7-5-4-6-8-16/h4-12,15,19-21H,13-14H2,1-3H3,(H,27,32)/t19-,20+,21+/m1/s1. The van der Waals surface area contributed by atoms with E-state index in [2.05, 4.69) is 5.32 Å². The number of hydrogen-bond donors (Lipinski definition) is 1. The number of β-lactam (4-membered cyclic amide) rings is 1. The predicted molar refractivity (Wildman–Crippen MR) is 127 cm³/mol. The Balaban J connectivity index is 1.71. The maximum absolute atomic E-state index is 13.0. The number of alkyl carbamates (subject to hydrolysis) is 1. The van der Waals surface area contributed by atoms with Gasteiger partial charge in [0.15, 0.2) is 0 Å². The molecule has 0 spiro atoms. The summed E-state index contributed by atoms with van der Waals surface area (Å²) in [5.74, 6) is -2.02. The van der Waals surface area contributed by atoms with Crippen molar-refractivity contribution < 1.29 is 33.4 Å². The Kier molecular flexibility index (Phi) is 8.70. The number of esters is 2. The SMILES string of the molecule is COC(=O)[C@H](C(C)C)N1C(=O)[C@@H](NC(=O)OCc2ccccc2)[C@H]1COC(=O)c1ccc(Cl)cc1. The lowest BCUT2D eigenvalue weighted by Gasteiger charge is -2.50. The summed E-state index contributed by atoms with van der Waals surface area (Å²) < 4.78 is 15.5. The highest BCUT2D eigenvalue weighted by molar-refractivity contribution is 6.30. The molecule has 186 valence electrons. The summed E-state index contributed by atoms with van der Waals surface area (Å²) in [6.07, 6.45) is -0.806. The lowest BCUT2D eigenvalue weighted by molar-refractivity contribution is -0.171. The van der Waals surface area contributed by atoms with Crippen LogP contribution in [-0.4, -0.2) is 60.7 Å². The molecule has 0 saturated carbocycles. The smallest absolute Gasteiger partial charge is 0.408 e. The van der Waals surface area contributed by atoms with Gasteiger partial charge in [0.05, 0.1) is 18.7 Å². The third-order valence-corrected chi connectivity index (χ3v) is 5.84. The maximum Gasteiger partial charge on any atom is 0.408 e. The molecule has 0 aliphatic carbocycles. The van der Waals surface area contributed by atoms with E-state index in [9.17, 15) is 19.2 Å². The number of likely N-dealkylation sites (tertiary alicyclic amines) is 1. The minimum absolute atomic E-state index is 0.0182. The van der Waals surface area contributed by atoms with E-state index in [1.807, 2.05) is 18.2 Å². The Hall–Kier alpha value is -3.59. The van der Waals surface area contributed by atoms with Gasteiger partial charge in [0.2, 0.25) is 5.91 Å². The summed E-state index contributed by atoms with van der Waals surface area (Å²) in [6, 6.07) is 12.4. The number of amides is 2. The van der Waals surface area contributed by atoms with Gasteiger partial charge in [-0.3, -0.25) is 4.79 Å². The Labute approximate surface area is 208 Å². The first kappa shape index (κ1) is 26.0. The van der Waals surface area contributed by atoms with Crippen molar-refractivity contribution in [2.75, 3.05) is 13.7 Å². The molecule has 1 fully saturated rings. The van der Waals surface area contributed by atoms with Gasteiger partial charge in [0.1, 0.15) is 25.3 Å². The van der Waals surface area contributed by atoms with E-state index >= 15 is 0 Å². The van der Waals surface area contributed by atoms with E-state index in [0.717, 1.165) is 5.56 Å². The minimum atomic E-state index is -1.04. The highest BCUT2D eigenvalue weighted by Crippen LogP contribution is 2.28. The molecule has 0 aromatic heterocycles. The first-order valence-electron chi connectivity index (χ1n) is 11.0. The number of nitrogens with one attached hydrogen (secondary N) is 1. The number of carbonyl (C=O) groups is 4. The second-order valence-electron chi connectivity index (χ2n) is 8.31. The zero-order chi connectivity index (χ0) is 25.5. The van der Waals surface area contributed by atoms with E-state index in [-0.39, 0.29) is 24.7 Å². The highest BCUT2D eigenvalue weighted by atomic mass is 35.5. The van der Waals surface area contributed by atoms with Crippen molar-refractivity contribution in [2.45, 2.75) is 38.6 Å². The summed E-state index contributed by atoms with van der Waals surface area (Å²) in [5.41, 5.74) is 1.05. The number of hydrogen-bond acceptors (Lipinski definition) is 7. The fourth-order valence-electron chi connectivity index (χ4n) is 3.79. The van der Waals surface area contributed by atoms with Crippen LogP contribution in [0.25, 0.3) is 0 Å². The number of carbonyl (C=O) groups excluding carboxylic acids is 4. The van der Waals surface area contributed by atoms with E-state index in [0.29, 0.717) is 5.02 Å². The maximum atomic E-state index is 13.0. The molecule has 0 radical (unpaired) electrons. The molecule has 1 aliphatic rings. The Morgan fingerprint density at radius 3 is 2.29 bits per heavy atom. The Morgan fingerprint density at radius 2 is 1.69 bits per heavy atom. The molecule has 1 N–H and O–H groups in total. The molecule has 0 unspecified atom stereocenters. The first-order chi connectivity index (χ1) is 16.7. The summed E-state index contributed by atoms with van der Waals surface area (Å²) in [5, 5.41) is 2.99. The molecule has 1 saturated heterocycles. The molecular formula is C25H27ClN2O7. The summed E-state index contributed by atoms with van der Waals surface area (Å²) >= 11 is 5.86. The van der Waals surface area contributed by atoms with Crippen LogP contribution in [0.1, 0.15) is 29.8 Å². The molecular weight excluding hydrogens is 476 g/mol. The van der Waals surface area contributed by atoms with E-state index in [4.69, 9.17) is 25.8 Å². The monoisotopic (exact) mass is 502 g/mol. The van der Waals surface area contributed by atoms with E-state index in [1.165, 1.54) is 24.1 Å². The second kappa shape index (κ2) is 11.7. The molecule has 1 heterocycles. The molecule has 35 heavy (non-hydrogen) atoms. The van der Waals surface area contributed by atoms with Gasteiger partial charge >= 0.3 is 18.0 Å². The van der Waals surface area contributed by atoms with Gasteiger partial charge in [-0.15, -0.1) is 0 Å². The Bertz CT molecular complexity index is 1060. The van der Waals surface area contributed by atoms with Crippen LogP contribution in [0, 0.1) is 5.92 Å². The van der Waals surface area contributed by atoms with Gasteiger partial charge < -0.3 is 24.4 Å². The van der Waals surface area contributed by atoms with Crippen molar-refractivity contribution in [3.05, 3.63) is 70.7 Å². The van der Waals surface area contributed by atoms with Gasteiger partial charge in [-0.2, -0.15) is 0 Å². The molecule has 2 aromatic carbocycles.